The van der Waals surface area contributed by atoms with Crippen LogP contribution < -0.4 is 4.74 Å². The van der Waals surface area contributed by atoms with Crippen LogP contribution in [-0.2, 0) is 19.3 Å². The summed E-state index contributed by atoms with van der Waals surface area (Å²) in [5.74, 6) is 2.36. The molecule has 5 heteroatoms. The molecule has 1 aliphatic heterocycles. The highest BCUT2D eigenvalue weighted by Crippen LogP contribution is 2.64. The molecule has 0 aromatic heterocycles. The summed E-state index contributed by atoms with van der Waals surface area (Å²) in [6.07, 6.45) is 10.3. The highest BCUT2D eigenvalue weighted by Gasteiger charge is 2.67. The predicted molar refractivity (Wildman–Crippen MR) is 119 cm³/mol. The molecule has 0 radical (unpaired) electrons. The second kappa shape index (κ2) is 7.28. The molecule has 1 saturated heterocycles. The molecule has 4 bridgehead atoms. The second-order valence-corrected chi connectivity index (χ2v) is 12.2. The van der Waals surface area contributed by atoms with E-state index in [2.05, 4.69) is 12.1 Å². The lowest BCUT2D eigenvalue weighted by atomic mass is 9.53. The average Bonchev–Trinajstić information content (AvgIpc) is 3.11. The van der Waals surface area contributed by atoms with E-state index in [4.69, 9.17) is 19.2 Å². The maximum Gasteiger partial charge on any atom is 0.316 e. The fraction of sp³-hybridized carbons (Fsp3) is 0.741. The first-order valence-electron chi connectivity index (χ1n) is 12.6. The molecule has 5 saturated carbocycles. The molecule has 7 rings (SSSR count). The first kappa shape index (κ1) is 21.1. The Morgan fingerprint density at radius 3 is 2.25 bits per heavy atom. The van der Waals surface area contributed by atoms with Crippen LogP contribution >= 0.6 is 0 Å². The molecule has 174 valence electrons. The molecule has 0 N–H and O–H groups in total. The molecule has 1 heterocycles. The van der Waals surface area contributed by atoms with Crippen LogP contribution in [0.5, 0.6) is 5.75 Å². The number of hydrogen-bond acceptors (Lipinski definition) is 5. The lowest BCUT2D eigenvalue weighted by Crippen LogP contribution is -2.59. The molecule has 0 unspecified atom stereocenters. The Labute approximate surface area is 191 Å². The van der Waals surface area contributed by atoms with Crippen molar-refractivity contribution >= 4 is 5.97 Å². The summed E-state index contributed by atoms with van der Waals surface area (Å²) in [5, 5.41) is 0. The summed E-state index contributed by atoms with van der Waals surface area (Å²) in [6.45, 7) is 5.60. The SMILES string of the molecule is CC(C)(C)C(=O)Oc1ccc([C@@H]2CCC[C@]3(C2)OOC2(O3)C3CC4CC(C3)CC2C4)cc1. The fourth-order valence-electron chi connectivity index (χ4n) is 7.33. The van der Waals surface area contributed by atoms with Gasteiger partial charge < -0.3 is 9.47 Å². The van der Waals surface area contributed by atoms with Crippen molar-refractivity contribution in [1.82, 2.24) is 0 Å². The van der Waals surface area contributed by atoms with Crippen LogP contribution in [0.25, 0.3) is 0 Å². The zero-order valence-corrected chi connectivity index (χ0v) is 19.6. The van der Waals surface area contributed by atoms with Crippen molar-refractivity contribution in [1.29, 1.82) is 0 Å². The molecule has 5 aliphatic carbocycles. The van der Waals surface area contributed by atoms with Crippen LogP contribution in [0.2, 0.25) is 0 Å². The van der Waals surface area contributed by atoms with Gasteiger partial charge >= 0.3 is 5.97 Å². The van der Waals surface area contributed by atoms with Crippen molar-refractivity contribution in [3.05, 3.63) is 29.8 Å². The summed E-state index contributed by atoms with van der Waals surface area (Å²) in [4.78, 5) is 24.5. The van der Waals surface area contributed by atoms with Crippen molar-refractivity contribution in [3.63, 3.8) is 0 Å². The van der Waals surface area contributed by atoms with E-state index in [1.54, 1.807) is 0 Å². The van der Waals surface area contributed by atoms with Crippen molar-refractivity contribution < 1.29 is 24.0 Å². The Balaban J connectivity index is 1.16. The van der Waals surface area contributed by atoms with Crippen molar-refractivity contribution in [2.24, 2.45) is 29.1 Å². The van der Waals surface area contributed by atoms with Gasteiger partial charge in [-0.2, -0.15) is 9.78 Å². The first-order chi connectivity index (χ1) is 15.2. The molecule has 6 fully saturated rings. The van der Waals surface area contributed by atoms with Gasteiger partial charge in [0.1, 0.15) is 5.75 Å². The summed E-state index contributed by atoms with van der Waals surface area (Å²) in [5.41, 5.74) is 0.734. The minimum absolute atomic E-state index is 0.215. The maximum atomic E-state index is 12.2. The van der Waals surface area contributed by atoms with E-state index in [-0.39, 0.29) is 5.97 Å². The number of rotatable bonds is 2. The molecule has 1 aromatic carbocycles. The lowest BCUT2D eigenvalue weighted by molar-refractivity contribution is -0.390. The molecule has 2 spiro atoms. The van der Waals surface area contributed by atoms with E-state index in [1.165, 1.54) is 37.7 Å². The number of esters is 1. The third kappa shape index (κ3) is 3.43. The summed E-state index contributed by atoms with van der Waals surface area (Å²) >= 11 is 0. The third-order valence-corrected chi connectivity index (χ3v) is 8.79. The summed E-state index contributed by atoms with van der Waals surface area (Å²) in [7, 11) is 0. The van der Waals surface area contributed by atoms with E-state index in [9.17, 15) is 4.79 Å². The van der Waals surface area contributed by atoms with Crippen molar-refractivity contribution in [3.8, 4) is 5.75 Å². The largest absolute Gasteiger partial charge is 0.426 e. The Bertz CT molecular complexity index is 856. The van der Waals surface area contributed by atoms with Gasteiger partial charge in [0, 0.05) is 24.7 Å². The molecule has 32 heavy (non-hydrogen) atoms. The number of benzene rings is 1. The van der Waals surface area contributed by atoms with Gasteiger partial charge in [0.25, 0.3) is 0 Å². The van der Waals surface area contributed by atoms with E-state index < -0.39 is 17.0 Å². The Morgan fingerprint density at radius 1 is 0.969 bits per heavy atom. The molecule has 5 nitrogen and oxygen atoms in total. The molecule has 1 aromatic rings. The van der Waals surface area contributed by atoms with Crippen LogP contribution in [0.1, 0.15) is 90.0 Å². The van der Waals surface area contributed by atoms with Gasteiger partial charge in [-0.3, -0.25) is 4.79 Å². The Kier molecular flexibility index (Phi) is 4.81. The number of hydrogen-bond donors (Lipinski definition) is 0. The lowest BCUT2D eigenvalue weighted by Gasteiger charge is -2.57. The number of carbonyl (C=O) groups excluding carboxylic acids is 1. The van der Waals surface area contributed by atoms with Crippen LogP contribution in [0.3, 0.4) is 0 Å². The van der Waals surface area contributed by atoms with E-state index in [0.29, 0.717) is 23.5 Å². The zero-order chi connectivity index (χ0) is 22.1. The Morgan fingerprint density at radius 2 is 1.62 bits per heavy atom. The quantitative estimate of drug-likeness (QED) is 0.315. The van der Waals surface area contributed by atoms with Gasteiger partial charge in [-0.05, 0) is 101 Å². The predicted octanol–water partition coefficient (Wildman–Crippen LogP) is 6.12. The molecular weight excluding hydrogens is 404 g/mol. The molecule has 2 atom stereocenters. The monoisotopic (exact) mass is 440 g/mol. The Hall–Kier alpha value is -1.43. The summed E-state index contributed by atoms with van der Waals surface area (Å²) in [6, 6.07) is 7.99. The first-order valence-corrected chi connectivity index (χ1v) is 12.6. The van der Waals surface area contributed by atoms with E-state index in [1.807, 2.05) is 32.9 Å². The van der Waals surface area contributed by atoms with Crippen molar-refractivity contribution in [2.75, 3.05) is 0 Å². The van der Waals surface area contributed by atoms with Gasteiger partial charge in [-0.25, -0.2) is 0 Å². The number of ether oxygens (including phenoxy) is 2. The molecule has 6 aliphatic rings. The van der Waals surface area contributed by atoms with Crippen LogP contribution in [0.4, 0.5) is 0 Å². The van der Waals surface area contributed by atoms with E-state index in [0.717, 1.165) is 37.5 Å². The van der Waals surface area contributed by atoms with Crippen LogP contribution in [0, 0.1) is 29.1 Å². The van der Waals surface area contributed by atoms with Gasteiger partial charge in [0.15, 0.2) is 0 Å². The minimum atomic E-state index is -0.615. The highest BCUT2D eigenvalue weighted by atomic mass is 17.3. The number of carbonyl (C=O) groups is 1. The van der Waals surface area contributed by atoms with Gasteiger partial charge in [0.2, 0.25) is 11.6 Å². The smallest absolute Gasteiger partial charge is 0.316 e. The minimum Gasteiger partial charge on any atom is -0.426 e. The van der Waals surface area contributed by atoms with E-state index >= 15 is 0 Å². The average molecular weight is 441 g/mol. The van der Waals surface area contributed by atoms with Crippen molar-refractivity contribution in [2.45, 2.75) is 96.1 Å². The van der Waals surface area contributed by atoms with Crippen LogP contribution in [0.15, 0.2) is 24.3 Å². The molecular formula is C27H36O5. The molecule has 0 amide bonds. The zero-order valence-electron chi connectivity index (χ0n) is 19.6. The van der Waals surface area contributed by atoms with Gasteiger partial charge in [0.05, 0.1) is 5.41 Å². The second-order valence-electron chi connectivity index (χ2n) is 12.2. The fourth-order valence-corrected chi connectivity index (χ4v) is 7.33. The normalized spacial score (nSPS) is 42.7. The standard InChI is InChI=1S/C27H36O5/c1-25(2,3)24(28)29-23-8-6-19(7-9-23)20-5-4-10-26(16-20)30-27(32-31-26)21-12-17-11-18(14-21)15-22(27)13-17/h6-9,17-18,20-22H,4-5,10-16H2,1-3H3/t17?,18?,20-,21?,22?,26-,27?/m1/s1. The maximum absolute atomic E-state index is 12.2. The van der Waals surface area contributed by atoms with Crippen LogP contribution in [-0.4, -0.2) is 17.5 Å². The topological polar surface area (TPSA) is 54.0 Å². The van der Waals surface area contributed by atoms with Gasteiger partial charge in [-0.1, -0.05) is 12.1 Å². The summed E-state index contributed by atoms with van der Waals surface area (Å²) < 4.78 is 12.4. The third-order valence-electron chi connectivity index (χ3n) is 8.79. The highest BCUT2D eigenvalue weighted by molar-refractivity contribution is 5.77. The van der Waals surface area contributed by atoms with Gasteiger partial charge in [-0.15, -0.1) is 0 Å².